The van der Waals surface area contributed by atoms with Crippen LogP contribution in [0.3, 0.4) is 0 Å². The van der Waals surface area contributed by atoms with Crippen LogP contribution in [-0.2, 0) is 13.1 Å². The molecule has 0 unspecified atom stereocenters. The van der Waals surface area contributed by atoms with Crippen molar-refractivity contribution in [2.75, 3.05) is 13.7 Å². The third-order valence-corrected chi connectivity index (χ3v) is 3.91. The molecule has 0 fully saturated rings. The van der Waals surface area contributed by atoms with Gasteiger partial charge in [-0.1, -0.05) is 19.0 Å². The highest BCUT2D eigenvalue weighted by Gasteiger charge is 2.17. The number of fused-ring (bicyclic) bond motifs is 1. The molecule has 8 heteroatoms. The summed E-state index contributed by atoms with van der Waals surface area (Å²) in [7, 11) is 1.70. The standard InChI is InChI=1S/C17H21N5O3/c1-11(2)16-19-15(20-25-16)9-21(3)17(24)12-4-5-14-13(8-12)18-10-22(14)6-7-23/h4-5,8,10-11,23H,6-7,9H2,1-3H3. The van der Waals surface area contributed by atoms with Gasteiger partial charge in [0.25, 0.3) is 5.91 Å². The fourth-order valence-electron chi connectivity index (χ4n) is 2.55. The summed E-state index contributed by atoms with van der Waals surface area (Å²) in [6, 6.07) is 5.34. The van der Waals surface area contributed by atoms with Crippen molar-refractivity contribution in [2.45, 2.75) is 32.9 Å². The Labute approximate surface area is 145 Å². The summed E-state index contributed by atoms with van der Waals surface area (Å²) in [6.07, 6.45) is 1.66. The van der Waals surface area contributed by atoms with Crippen LogP contribution in [0.5, 0.6) is 0 Å². The first-order chi connectivity index (χ1) is 12.0. The molecule has 25 heavy (non-hydrogen) atoms. The van der Waals surface area contributed by atoms with Crippen LogP contribution >= 0.6 is 0 Å². The molecule has 0 saturated carbocycles. The van der Waals surface area contributed by atoms with Crippen molar-refractivity contribution in [1.82, 2.24) is 24.6 Å². The largest absolute Gasteiger partial charge is 0.395 e. The van der Waals surface area contributed by atoms with Gasteiger partial charge in [-0.3, -0.25) is 4.79 Å². The molecule has 0 aliphatic carbocycles. The van der Waals surface area contributed by atoms with E-state index in [-0.39, 0.29) is 25.0 Å². The van der Waals surface area contributed by atoms with Gasteiger partial charge in [-0.05, 0) is 18.2 Å². The van der Waals surface area contributed by atoms with Crippen molar-refractivity contribution < 1.29 is 14.4 Å². The molecular weight excluding hydrogens is 322 g/mol. The van der Waals surface area contributed by atoms with Gasteiger partial charge in [-0.25, -0.2) is 4.98 Å². The summed E-state index contributed by atoms with van der Waals surface area (Å²) in [5.41, 5.74) is 2.14. The number of aromatic nitrogens is 4. The molecule has 0 saturated heterocycles. The van der Waals surface area contributed by atoms with E-state index < -0.39 is 0 Å². The minimum absolute atomic E-state index is 0.0396. The fourth-order valence-corrected chi connectivity index (χ4v) is 2.55. The van der Waals surface area contributed by atoms with Crippen molar-refractivity contribution in [2.24, 2.45) is 0 Å². The second kappa shape index (κ2) is 7.02. The zero-order valence-electron chi connectivity index (χ0n) is 14.5. The van der Waals surface area contributed by atoms with Crippen molar-refractivity contribution >= 4 is 16.9 Å². The van der Waals surface area contributed by atoms with Gasteiger partial charge < -0.3 is 19.1 Å². The number of hydrogen-bond acceptors (Lipinski definition) is 6. The number of nitrogens with zero attached hydrogens (tertiary/aromatic N) is 5. The summed E-state index contributed by atoms with van der Waals surface area (Å²) in [5.74, 6) is 1.05. The summed E-state index contributed by atoms with van der Waals surface area (Å²) < 4.78 is 7.01. The molecule has 0 atom stereocenters. The van der Waals surface area contributed by atoms with E-state index in [9.17, 15) is 4.79 Å². The Hall–Kier alpha value is -2.74. The Bertz CT molecular complexity index is 883. The van der Waals surface area contributed by atoms with Gasteiger partial charge in [0.2, 0.25) is 5.89 Å². The number of carbonyl (C=O) groups is 1. The van der Waals surface area contributed by atoms with E-state index in [1.54, 1.807) is 30.4 Å². The molecule has 8 nitrogen and oxygen atoms in total. The molecule has 2 aromatic heterocycles. The van der Waals surface area contributed by atoms with Crippen LogP contribution < -0.4 is 0 Å². The van der Waals surface area contributed by atoms with Crippen LogP contribution in [0.4, 0.5) is 0 Å². The molecule has 1 N–H and O–H groups in total. The van der Waals surface area contributed by atoms with Crippen LogP contribution in [0.2, 0.25) is 0 Å². The number of rotatable bonds is 6. The first-order valence-corrected chi connectivity index (χ1v) is 8.13. The van der Waals surface area contributed by atoms with Crippen molar-refractivity contribution in [1.29, 1.82) is 0 Å². The third-order valence-electron chi connectivity index (χ3n) is 3.91. The quantitative estimate of drug-likeness (QED) is 0.733. The monoisotopic (exact) mass is 343 g/mol. The minimum atomic E-state index is -0.144. The first-order valence-electron chi connectivity index (χ1n) is 8.13. The second-order valence-electron chi connectivity index (χ2n) is 6.23. The van der Waals surface area contributed by atoms with E-state index in [0.717, 1.165) is 5.52 Å². The Morgan fingerprint density at radius 1 is 1.40 bits per heavy atom. The number of hydrogen-bond donors (Lipinski definition) is 1. The topological polar surface area (TPSA) is 97.3 Å². The molecule has 0 spiro atoms. The number of aliphatic hydroxyl groups excluding tert-OH is 1. The van der Waals surface area contributed by atoms with E-state index in [4.69, 9.17) is 9.63 Å². The predicted molar refractivity (Wildman–Crippen MR) is 91.0 cm³/mol. The molecular formula is C17H21N5O3. The van der Waals surface area contributed by atoms with Crippen molar-refractivity contribution in [3.63, 3.8) is 0 Å². The molecule has 1 aromatic carbocycles. The number of amides is 1. The predicted octanol–water partition coefficient (Wildman–Crippen LogP) is 1.81. The highest BCUT2D eigenvalue weighted by Crippen LogP contribution is 2.17. The number of aliphatic hydroxyl groups is 1. The van der Waals surface area contributed by atoms with Gasteiger partial charge in [-0.15, -0.1) is 0 Å². The van der Waals surface area contributed by atoms with E-state index in [1.165, 1.54) is 0 Å². The Morgan fingerprint density at radius 3 is 2.88 bits per heavy atom. The number of carbonyl (C=O) groups excluding carboxylic acids is 1. The summed E-state index contributed by atoms with van der Waals surface area (Å²) in [4.78, 5) is 22.7. The number of benzene rings is 1. The Kier molecular flexibility index (Phi) is 4.80. The van der Waals surface area contributed by atoms with E-state index >= 15 is 0 Å². The van der Waals surface area contributed by atoms with E-state index in [1.807, 2.05) is 24.5 Å². The summed E-state index contributed by atoms with van der Waals surface area (Å²) >= 11 is 0. The zero-order valence-corrected chi connectivity index (χ0v) is 14.5. The SMILES string of the molecule is CC(C)c1nc(CN(C)C(=O)c2ccc3c(c2)ncn3CCO)no1. The molecule has 1 amide bonds. The van der Waals surface area contributed by atoms with Gasteiger partial charge in [0, 0.05) is 25.1 Å². The molecule has 0 aliphatic heterocycles. The maximum absolute atomic E-state index is 12.6. The highest BCUT2D eigenvalue weighted by atomic mass is 16.5. The smallest absolute Gasteiger partial charge is 0.254 e. The average molecular weight is 343 g/mol. The number of imidazole rings is 1. The van der Waals surface area contributed by atoms with Gasteiger partial charge in [0.1, 0.15) is 0 Å². The molecule has 3 aromatic rings. The molecule has 132 valence electrons. The maximum atomic E-state index is 12.6. The zero-order chi connectivity index (χ0) is 18.0. The van der Waals surface area contributed by atoms with Crippen molar-refractivity contribution in [3.8, 4) is 0 Å². The molecule has 0 radical (unpaired) electrons. The van der Waals surface area contributed by atoms with E-state index in [0.29, 0.717) is 29.3 Å². The first kappa shape index (κ1) is 17.1. The summed E-state index contributed by atoms with van der Waals surface area (Å²) in [5, 5.41) is 13.0. The van der Waals surface area contributed by atoms with E-state index in [2.05, 4.69) is 15.1 Å². The van der Waals surface area contributed by atoms with Crippen LogP contribution in [0.1, 0.15) is 41.8 Å². The highest BCUT2D eigenvalue weighted by molar-refractivity contribution is 5.97. The minimum Gasteiger partial charge on any atom is -0.395 e. The fraction of sp³-hybridized carbons (Fsp3) is 0.412. The lowest BCUT2D eigenvalue weighted by atomic mass is 10.1. The normalized spacial score (nSPS) is 11.4. The summed E-state index contributed by atoms with van der Waals surface area (Å²) in [6.45, 7) is 4.72. The maximum Gasteiger partial charge on any atom is 0.254 e. The van der Waals surface area contributed by atoms with Crippen LogP contribution in [-0.4, -0.2) is 49.3 Å². The van der Waals surface area contributed by atoms with Crippen molar-refractivity contribution in [3.05, 3.63) is 41.8 Å². The van der Waals surface area contributed by atoms with Gasteiger partial charge >= 0.3 is 0 Å². The third kappa shape index (κ3) is 3.53. The molecule has 2 heterocycles. The Balaban J connectivity index is 1.76. The van der Waals surface area contributed by atoms with Gasteiger partial charge in [0.05, 0.1) is 30.5 Å². The Morgan fingerprint density at radius 2 is 2.20 bits per heavy atom. The lowest BCUT2D eigenvalue weighted by Gasteiger charge is -2.15. The second-order valence-corrected chi connectivity index (χ2v) is 6.23. The lowest BCUT2D eigenvalue weighted by molar-refractivity contribution is 0.0780. The molecule has 0 bridgehead atoms. The van der Waals surface area contributed by atoms with Crippen LogP contribution in [0.25, 0.3) is 11.0 Å². The van der Waals surface area contributed by atoms with Gasteiger partial charge in [0.15, 0.2) is 5.82 Å². The lowest BCUT2D eigenvalue weighted by Crippen LogP contribution is -2.26. The van der Waals surface area contributed by atoms with Gasteiger partial charge in [-0.2, -0.15) is 4.98 Å². The average Bonchev–Trinajstić information content (AvgIpc) is 3.21. The van der Waals surface area contributed by atoms with Crippen LogP contribution in [0.15, 0.2) is 29.0 Å². The molecule has 3 rings (SSSR count). The molecule has 0 aliphatic rings. The van der Waals surface area contributed by atoms with Crippen LogP contribution in [0, 0.1) is 0 Å².